The molecule has 2 aliphatic heterocycles. The highest BCUT2D eigenvalue weighted by atomic mass is 19.4. The maximum absolute atomic E-state index is 13.2. The molecule has 1 saturated heterocycles. The molecule has 0 spiro atoms. The van der Waals surface area contributed by atoms with Gasteiger partial charge in [-0.15, -0.1) is 0 Å². The van der Waals surface area contributed by atoms with Crippen LogP contribution in [0.4, 0.5) is 18.9 Å². The molecule has 0 aliphatic carbocycles. The molecule has 0 bridgehead atoms. The molecule has 4 unspecified atom stereocenters. The van der Waals surface area contributed by atoms with E-state index in [1.807, 2.05) is 6.07 Å². The molecule has 2 aliphatic rings. The van der Waals surface area contributed by atoms with Gasteiger partial charge in [-0.1, -0.05) is 12.1 Å². The van der Waals surface area contributed by atoms with E-state index in [4.69, 9.17) is 4.74 Å². The van der Waals surface area contributed by atoms with Crippen LogP contribution in [0.25, 0.3) is 0 Å². The first-order chi connectivity index (χ1) is 12.9. The summed E-state index contributed by atoms with van der Waals surface area (Å²) in [4.78, 5) is 0. The lowest BCUT2D eigenvalue weighted by Gasteiger charge is -2.45. The quantitative estimate of drug-likeness (QED) is 0.724. The molecule has 4 atom stereocenters. The Morgan fingerprint density at radius 3 is 2.63 bits per heavy atom. The van der Waals surface area contributed by atoms with Crippen LogP contribution < -0.4 is 5.32 Å². The Kier molecular flexibility index (Phi) is 4.52. The Bertz CT molecular complexity index is 839. The van der Waals surface area contributed by atoms with Gasteiger partial charge in [0.25, 0.3) is 0 Å². The molecular weight excluding hydrogens is 359 g/mol. The average Bonchev–Trinajstić information content (AvgIpc) is 2.65. The number of hydrogen-bond donors (Lipinski definition) is 3. The monoisotopic (exact) mass is 379 g/mol. The van der Waals surface area contributed by atoms with E-state index in [0.29, 0.717) is 24.1 Å². The van der Waals surface area contributed by atoms with E-state index < -0.39 is 23.9 Å². The second-order valence-electron chi connectivity index (χ2n) is 7.12. The minimum Gasteiger partial charge on any atom is -0.508 e. The van der Waals surface area contributed by atoms with Crippen molar-refractivity contribution in [2.45, 2.75) is 37.3 Å². The van der Waals surface area contributed by atoms with Gasteiger partial charge in [-0.05, 0) is 48.7 Å². The number of aliphatic hydroxyl groups excluding tert-OH is 1. The summed E-state index contributed by atoms with van der Waals surface area (Å²) in [6.07, 6.45) is -4.06. The highest BCUT2D eigenvalue weighted by Crippen LogP contribution is 2.51. The van der Waals surface area contributed by atoms with Crippen LogP contribution in [0.3, 0.4) is 0 Å². The Hall–Kier alpha value is -2.25. The summed E-state index contributed by atoms with van der Waals surface area (Å²) in [7, 11) is 0. The third kappa shape index (κ3) is 3.37. The van der Waals surface area contributed by atoms with E-state index in [1.165, 1.54) is 6.07 Å². The van der Waals surface area contributed by atoms with Gasteiger partial charge < -0.3 is 20.3 Å². The third-order valence-corrected chi connectivity index (χ3v) is 5.41. The molecule has 0 radical (unpaired) electrons. The van der Waals surface area contributed by atoms with Crippen molar-refractivity contribution in [3.8, 4) is 5.75 Å². The number of nitrogens with one attached hydrogen (secondary N) is 1. The molecule has 144 valence electrons. The van der Waals surface area contributed by atoms with Crippen LogP contribution in [0.1, 0.15) is 41.7 Å². The predicted octanol–water partition coefficient (Wildman–Crippen LogP) is 4.41. The summed E-state index contributed by atoms with van der Waals surface area (Å²) < 4.78 is 45.5. The van der Waals surface area contributed by atoms with Crippen molar-refractivity contribution in [3.63, 3.8) is 0 Å². The zero-order valence-corrected chi connectivity index (χ0v) is 14.4. The van der Waals surface area contributed by atoms with Crippen LogP contribution >= 0.6 is 0 Å². The number of fused-ring (bicyclic) bond motifs is 3. The normalized spacial score (nSPS) is 27.4. The first-order valence-electron chi connectivity index (χ1n) is 8.90. The highest BCUT2D eigenvalue weighted by Gasteiger charge is 2.43. The van der Waals surface area contributed by atoms with E-state index in [9.17, 15) is 23.4 Å². The fourth-order valence-corrected chi connectivity index (χ4v) is 4.11. The molecule has 3 N–H and O–H groups in total. The number of hydrogen-bond acceptors (Lipinski definition) is 4. The minimum atomic E-state index is -4.43. The van der Waals surface area contributed by atoms with E-state index >= 15 is 0 Å². The number of phenols is 1. The summed E-state index contributed by atoms with van der Waals surface area (Å²) in [5.41, 5.74) is 1.18. The van der Waals surface area contributed by atoms with Gasteiger partial charge in [-0.25, -0.2) is 0 Å². The molecular formula is C20H20F3NO3. The summed E-state index contributed by atoms with van der Waals surface area (Å²) in [5.74, 6) is 0.0274. The van der Waals surface area contributed by atoms with Crippen molar-refractivity contribution in [2.75, 3.05) is 11.9 Å². The smallest absolute Gasteiger partial charge is 0.416 e. The number of aliphatic hydroxyl groups is 1. The average molecular weight is 379 g/mol. The first-order valence-corrected chi connectivity index (χ1v) is 8.90. The summed E-state index contributed by atoms with van der Waals surface area (Å²) in [6, 6.07) is 10.3. The molecule has 2 aromatic carbocycles. The topological polar surface area (TPSA) is 61.7 Å². The van der Waals surface area contributed by atoms with Gasteiger partial charge in [-0.3, -0.25) is 0 Å². The number of ether oxygens (including phenoxy) is 1. The zero-order valence-electron chi connectivity index (χ0n) is 14.4. The Balaban J connectivity index is 1.78. The molecule has 1 fully saturated rings. The molecule has 2 heterocycles. The fraction of sp³-hybridized carbons (Fsp3) is 0.400. The van der Waals surface area contributed by atoms with E-state index in [2.05, 4.69) is 5.32 Å². The fourth-order valence-electron chi connectivity index (χ4n) is 4.11. The Labute approximate surface area is 154 Å². The van der Waals surface area contributed by atoms with Crippen molar-refractivity contribution in [3.05, 3.63) is 59.2 Å². The van der Waals surface area contributed by atoms with E-state index in [0.717, 1.165) is 17.7 Å². The van der Waals surface area contributed by atoms with Crippen LogP contribution in [0.5, 0.6) is 5.75 Å². The molecule has 27 heavy (non-hydrogen) atoms. The Morgan fingerprint density at radius 1 is 1.11 bits per heavy atom. The molecule has 0 amide bonds. The molecule has 0 saturated carbocycles. The van der Waals surface area contributed by atoms with Gasteiger partial charge in [-0.2, -0.15) is 13.2 Å². The Morgan fingerprint density at radius 2 is 1.93 bits per heavy atom. The van der Waals surface area contributed by atoms with Gasteiger partial charge >= 0.3 is 6.18 Å². The second-order valence-corrected chi connectivity index (χ2v) is 7.12. The molecule has 4 nitrogen and oxygen atoms in total. The van der Waals surface area contributed by atoms with Gasteiger partial charge in [0.05, 0.1) is 30.4 Å². The highest BCUT2D eigenvalue weighted by molar-refractivity contribution is 5.59. The largest absolute Gasteiger partial charge is 0.508 e. The van der Waals surface area contributed by atoms with Gasteiger partial charge in [0, 0.05) is 17.2 Å². The van der Waals surface area contributed by atoms with Crippen LogP contribution in [0.2, 0.25) is 0 Å². The van der Waals surface area contributed by atoms with Gasteiger partial charge in [0.2, 0.25) is 0 Å². The van der Waals surface area contributed by atoms with Crippen molar-refractivity contribution in [1.29, 1.82) is 0 Å². The summed E-state index contributed by atoms with van der Waals surface area (Å²) >= 11 is 0. The predicted molar refractivity (Wildman–Crippen MR) is 93.3 cm³/mol. The van der Waals surface area contributed by atoms with Crippen LogP contribution in [0.15, 0.2) is 42.5 Å². The minimum absolute atomic E-state index is 0.106. The first kappa shape index (κ1) is 18.1. The van der Waals surface area contributed by atoms with Crippen molar-refractivity contribution in [2.24, 2.45) is 5.92 Å². The van der Waals surface area contributed by atoms with Crippen LogP contribution in [-0.2, 0) is 10.9 Å². The lowest BCUT2D eigenvalue weighted by molar-refractivity contribution is -0.138. The SMILES string of the molecule is OCC1CCC2C(c3cccc(O)c3)Nc3ccc(C(F)(F)F)cc3C2O1. The van der Waals surface area contributed by atoms with Gasteiger partial charge in [0.15, 0.2) is 0 Å². The summed E-state index contributed by atoms with van der Waals surface area (Å²) in [5, 5.41) is 22.6. The van der Waals surface area contributed by atoms with Crippen molar-refractivity contribution in [1.82, 2.24) is 0 Å². The number of phenolic OH excluding ortho intramolecular Hbond substituents is 1. The molecule has 7 heteroatoms. The number of benzene rings is 2. The van der Waals surface area contributed by atoms with Crippen molar-refractivity contribution >= 4 is 5.69 Å². The van der Waals surface area contributed by atoms with E-state index in [1.54, 1.807) is 18.2 Å². The second kappa shape index (κ2) is 6.73. The maximum Gasteiger partial charge on any atom is 0.416 e. The number of anilines is 1. The third-order valence-electron chi connectivity index (χ3n) is 5.41. The number of aromatic hydroxyl groups is 1. The number of rotatable bonds is 2. The molecule has 4 rings (SSSR count). The standard InChI is InChI=1S/C20H20F3NO3/c21-20(22,23)12-4-7-17-16(9-12)19-15(6-5-14(10-25)27-19)18(24-17)11-2-1-3-13(26)8-11/h1-4,7-9,14-15,18-19,24-26H,5-6,10H2. The lowest BCUT2D eigenvalue weighted by atomic mass is 9.76. The molecule has 0 aromatic heterocycles. The molecule has 2 aromatic rings. The van der Waals surface area contributed by atoms with Crippen LogP contribution in [0, 0.1) is 5.92 Å². The maximum atomic E-state index is 13.2. The number of halogens is 3. The van der Waals surface area contributed by atoms with Gasteiger partial charge in [0.1, 0.15) is 5.75 Å². The lowest BCUT2D eigenvalue weighted by Crippen LogP contribution is -2.40. The van der Waals surface area contributed by atoms with E-state index in [-0.39, 0.29) is 24.3 Å². The summed E-state index contributed by atoms with van der Waals surface area (Å²) in [6.45, 7) is -0.165. The van der Waals surface area contributed by atoms with Crippen LogP contribution in [-0.4, -0.2) is 22.9 Å². The van der Waals surface area contributed by atoms with Crippen molar-refractivity contribution < 1.29 is 28.1 Å². The number of alkyl halides is 3. The zero-order chi connectivity index (χ0) is 19.2.